The van der Waals surface area contributed by atoms with Crippen LogP contribution in [0, 0.1) is 0 Å². The lowest BCUT2D eigenvalue weighted by Gasteiger charge is -2.24. The van der Waals surface area contributed by atoms with Crippen LogP contribution in [-0.2, 0) is 10.2 Å². The molecule has 5 heteroatoms. The van der Waals surface area contributed by atoms with Crippen molar-refractivity contribution in [1.29, 1.82) is 0 Å². The van der Waals surface area contributed by atoms with Gasteiger partial charge in [0.05, 0.1) is 22.5 Å². The molecule has 0 aliphatic heterocycles. The average molecular weight is 414 g/mol. The lowest BCUT2D eigenvalue weighted by Crippen LogP contribution is -2.38. The first-order valence-electron chi connectivity index (χ1n) is 9.79. The summed E-state index contributed by atoms with van der Waals surface area (Å²) in [4.78, 5) is 23.0. The molecule has 0 radical (unpaired) electrons. The number of nitrogens with zero attached hydrogens (tertiary/aromatic N) is 2. The Bertz CT molecular complexity index is 1170. The van der Waals surface area contributed by atoms with Crippen LogP contribution in [0.2, 0.25) is 0 Å². The van der Waals surface area contributed by atoms with Crippen LogP contribution >= 0.6 is 11.3 Å². The molecule has 0 atom stereocenters. The maximum Gasteiger partial charge on any atom is 0.229 e. The van der Waals surface area contributed by atoms with Crippen molar-refractivity contribution >= 4 is 17.2 Å². The molecule has 0 saturated carbocycles. The number of benzene rings is 1. The Morgan fingerprint density at radius 3 is 2.37 bits per heavy atom. The van der Waals surface area contributed by atoms with Crippen molar-refractivity contribution in [3.8, 4) is 33.1 Å². The Morgan fingerprint density at radius 1 is 0.900 bits per heavy atom. The van der Waals surface area contributed by atoms with E-state index in [-0.39, 0.29) is 5.91 Å². The largest absolute Gasteiger partial charge is 0.358 e. The molecular formula is C25H23N3OS. The summed E-state index contributed by atoms with van der Waals surface area (Å²) in [6, 6.07) is 22.2. The molecule has 1 N–H and O–H groups in total. The van der Waals surface area contributed by atoms with Gasteiger partial charge in [-0.15, -0.1) is 11.3 Å². The Hall–Kier alpha value is -3.31. The number of nitrogens with one attached hydrogen (secondary N) is 1. The Labute approximate surface area is 180 Å². The summed E-state index contributed by atoms with van der Waals surface area (Å²) in [7, 11) is 1.67. The van der Waals surface area contributed by atoms with Crippen LogP contribution < -0.4 is 5.32 Å². The third kappa shape index (κ3) is 3.89. The van der Waals surface area contributed by atoms with Crippen LogP contribution in [0.15, 0.2) is 78.3 Å². The molecule has 4 aromatic rings. The second kappa shape index (κ2) is 8.20. The van der Waals surface area contributed by atoms with Gasteiger partial charge in [0.1, 0.15) is 0 Å². The second-order valence-corrected chi connectivity index (χ2v) is 8.55. The topological polar surface area (TPSA) is 54.9 Å². The van der Waals surface area contributed by atoms with Crippen molar-refractivity contribution in [1.82, 2.24) is 15.3 Å². The number of aromatic nitrogens is 2. The number of amides is 1. The molecule has 1 amide bonds. The normalized spacial score (nSPS) is 11.3. The Morgan fingerprint density at radius 2 is 1.67 bits per heavy atom. The molecule has 0 aliphatic carbocycles. The van der Waals surface area contributed by atoms with E-state index in [9.17, 15) is 4.79 Å². The second-order valence-electron chi connectivity index (χ2n) is 7.60. The highest BCUT2D eigenvalue weighted by Gasteiger charge is 2.30. The van der Waals surface area contributed by atoms with E-state index in [0.717, 1.165) is 38.6 Å². The third-order valence-corrected chi connectivity index (χ3v) is 6.15. The highest BCUT2D eigenvalue weighted by atomic mass is 32.1. The van der Waals surface area contributed by atoms with Crippen molar-refractivity contribution in [2.75, 3.05) is 7.05 Å². The zero-order valence-corrected chi connectivity index (χ0v) is 18.0. The van der Waals surface area contributed by atoms with Crippen molar-refractivity contribution in [3.05, 3.63) is 83.9 Å². The maximum absolute atomic E-state index is 12.6. The van der Waals surface area contributed by atoms with Gasteiger partial charge in [-0.3, -0.25) is 9.78 Å². The first-order valence-corrected chi connectivity index (χ1v) is 10.7. The highest BCUT2D eigenvalue weighted by Crippen LogP contribution is 2.35. The number of hydrogen-bond acceptors (Lipinski definition) is 4. The average Bonchev–Trinajstić information content (AvgIpc) is 3.34. The summed E-state index contributed by atoms with van der Waals surface area (Å²) >= 11 is 1.68. The first kappa shape index (κ1) is 20.0. The van der Waals surface area contributed by atoms with Gasteiger partial charge in [-0.05, 0) is 78.9 Å². The van der Waals surface area contributed by atoms with Crippen LogP contribution in [0.1, 0.15) is 19.4 Å². The number of rotatable bonds is 5. The Balaban J connectivity index is 1.87. The molecule has 3 aromatic heterocycles. The molecule has 0 spiro atoms. The van der Waals surface area contributed by atoms with Gasteiger partial charge in [0.25, 0.3) is 0 Å². The van der Waals surface area contributed by atoms with Crippen LogP contribution in [0.25, 0.3) is 33.1 Å². The monoisotopic (exact) mass is 413 g/mol. The molecule has 1 aromatic carbocycles. The van der Waals surface area contributed by atoms with Gasteiger partial charge in [0.2, 0.25) is 5.91 Å². The molecular weight excluding hydrogens is 390 g/mol. The van der Waals surface area contributed by atoms with Crippen molar-refractivity contribution in [2.45, 2.75) is 19.3 Å². The van der Waals surface area contributed by atoms with Gasteiger partial charge in [-0.25, -0.2) is 4.98 Å². The number of carbonyl (C=O) groups is 1. The molecule has 0 unspecified atom stereocenters. The van der Waals surface area contributed by atoms with E-state index in [1.54, 1.807) is 24.6 Å². The number of pyridine rings is 2. The summed E-state index contributed by atoms with van der Waals surface area (Å²) in [6.07, 6.45) is 1.77. The zero-order chi connectivity index (χ0) is 21.1. The van der Waals surface area contributed by atoms with Gasteiger partial charge >= 0.3 is 0 Å². The van der Waals surface area contributed by atoms with E-state index < -0.39 is 5.41 Å². The molecule has 3 heterocycles. The number of thiophene rings is 1. The van der Waals surface area contributed by atoms with Crippen LogP contribution in [0.3, 0.4) is 0 Å². The smallest absolute Gasteiger partial charge is 0.229 e. The minimum Gasteiger partial charge on any atom is -0.358 e. The number of carbonyl (C=O) groups excluding carboxylic acids is 1. The quantitative estimate of drug-likeness (QED) is 0.466. The zero-order valence-electron chi connectivity index (χ0n) is 17.2. The summed E-state index contributed by atoms with van der Waals surface area (Å²) < 4.78 is 0. The van der Waals surface area contributed by atoms with E-state index in [1.165, 1.54) is 0 Å². The van der Waals surface area contributed by atoms with Crippen molar-refractivity contribution < 1.29 is 4.79 Å². The lowest BCUT2D eigenvalue weighted by atomic mass is 9.81. The van der Waals surface area contributed by atoms with Gasteiger partial charge in [0.15, 0.2) is 0 Å². The minimum absolute atomic E-state index is 0.0213. The molecule has 30 heavy (non-hydrogen) atoms. The van der Waals surface area contributed by atoms with E-state index in [4.69, 9.17) is 4.98 Å². The van der Waals surface area contributed by atoms with Gasteiger partial charge in [0, 0.05) is 23.7 Å². The van der Waals surface area contributed by atoms with E-state index in [2.05, 4.69) is 39.9 Å². The van der Waals surface area contributed by atoms with Gasteiger partial charge in [-0.2, -0.15) is 0 Å². The minimum atomic E-state index is -0.671. The van der Waals surface area contributed by atoms with Crippen molar-refractivity contribution in [3.63, 3.8) is 0 Å². The number of likely N-dealkylation sites (N-methyl/N-ethyl adjacent to an activating group) is 1. The Kier molecular flexibility index (Phi) is 5.46. The SMILES string of the molecule is CNC(=O)C(C)(C)c1cc(-c2cccc(-c3ccccn3)n2)cc(-c2cccs2)c1. The highest BCUT2D eigenvalue weighted by molar-refractivity contribution is 7.13. The van der Waals surface area contributed by atoms with E-state index in [1.807, 2.05) is 56.3 Å². The van der Waals surface area contributed by atoms with Crippen LogP contribution in [-0.4, -0.2) is 22.9 Å². The molecule has 0 saturated heterocycles. The van der Waals surface area contributed by atoms with Gasteiger partial charge < -0.3 is 5.32 Å². The molecule has 0 bridgehead atoms. The van der Waals surface area contributed by atoms with Crippen LogP contribution in [0.4, 0.5) is 0 Å². The van der Waals surface area contributed by atoms with Crippen LogP contribution in [0.5, 0.6) is 0 Å². The van der Waals surface area contributed by atoms with E-state index >= 15 is 0 Å². The maximum atomic E-state index is 12.6. The first-order chi connectivity index (χ1) is 14.5. The fourth-order valence-corrected chi connectivity index (χ4v) is 4.13. The molecule has 0 aliphatic rings. The summed E-state index contributed by atoms with van der Waals surface area (Å²) in [5.41, 5.74) is 4.85. The predicted octanol–water partition coefficient (Wildman–Crippen LogP) is 5.56. The fraction of sp³-hybridized carbons (Fsp3) is 0.160. The standard InChI is InChI=1S/C25H23N3OS/c1-25(2,24(29)26-3)19-15-17(14-18(16-19)23-11-7-13-30-23)20-9-6-10-22(28-20)21-8-4-5-12-27-21/h4-16H,1-3H3,(H,26,29). The molecule has 4 rings (SSSR count). The fourth-order valence-electron chi connectivity index (χ4n) is 3.42. The van der Waals surface area contributed by atoms with E-state index in [0.29, 0.717) is 0 Å². The third-order valence-electron chi connectivity index (χ3n) is 5.23. The molecule has 4 nitrogen and oxygen atoms in total. The van der Waals surface area contributed by atoms with Gasteiger partial charge in [-0.1, -0.05) is 18.2 Å². The summed E-state index contributed by atoms with van der Waals surface area (Å²) in [6.45, 7) is 3.89. The lowest BCUT2D eigenvalue weighted by molar-refractivity contribution is -0.125. The molecule has 150 valence electrons. The molecule has 0 fully saturated rings. The van der Waals surface area contributed by atoms with Crippen molar-refractivity contribution in [2.24, 2.45) is 0 Å². The number of hydrogen-bond donors (Lipinski definition) is 1. The predicted molar refractivity (Wildman–Crippen MR) is 123 cm³/mol. The summed E-state index contributed by atoms with van der Waals surface area (Å²) in [5, 5.41) is 4.85. The summed E-state index contributed by atoms with van der Waals surface area (Å²) in [5.74, 6) is -0.0213.